The fourth-order valence-electron chi connectivity index (χ4n) is 3.18. The van der Waals surface area contributed by atoms with Crippen molar-refractivity contribution >= 4 is 0 Å². The van der Waals surface area contributed by atoms with Gasteiger partial charge in [0.05, 0.1) is 18.3 Å². The van der Waals surface area contributed by atoms with E-state index >= 15 is 0 Å². The Bertz CT molecular complexity index is 420. The van der Waals surface area contributed by atoms with E-state index in [1.807, 2.05) is 0 Å². The van der Waals surface area contributed by atoms with Crippen molar-refractivity contribution in [1.82, 2.24) is 15.1 Å². The third-order valence-corrected chi connectivity index (χ3v) is 4.59. The highest BCUT2D eigenvalue weighted by atomic mass is 16.5. The number of aryl methyl sites for hydroxylation is 1. The Morgan fingerprint density at radius 3 is 2.60 bits per heavy atom. The standard InChI is InChI=1S/C16H29N3O/c1-12-5-7-15(8-6-12)19-14(3)16(13(2)18-19)11-17-9-10-20-4/h12,15,17H,5-11H2,1-4H3. The van der Waals surface area contributed by atoms with Crippen molar-refractivity contribution in [2.45, 2.75) is 59.0 Å². The molecule has 1 aromatic heterocycles. The predicted molar refractivity (Wildman–Crippen MR) is 82.0 cm³/mol. The van der Waals surface area contributed by atoms with E-state index in [1.54, 1.807) is 7.11 Å². The second-order valence-electron chi connectivity index (χ2n) is 6.18. The van der Waals surface area contributed by atoms with E-state index in [9.17, 15) is 0 Å². The molecule has 0 saturated heterocycles. The Morgan fingerprint density at radius 1 is 1.25 bits per heavy atom. The fourth-order valence-corrected chi connectivity index (χ4v) is 3.18. The topological polar surface area (TPSA) is 39.1 Å². The number of rotatable bonds is 6. The Kier molecular flexibility index (Phi) is 5.61. The molecule has 0 aromatic carbocycles. The van der Waals surface area contributed by atoms with Crippen molar-refractivity contribution < 1.29 is 4.74 Å². The summed E-state index contributed by atoms with van der Waals surface area (Å²) in [6, 6.07) is 0.609. The molecule has 0 aliphatic heterocycles. The van der Waals surface area contributed by atoms with E-state index in [2.05, 4.69) is 30.8 Å². The van der Waals surface area contributed by atoms with Gasteiger partial charge in [-0.05, 0) is 45.4 Å². The Morgan fingerprint density at radius 2 is 1.95 bits per heavy atom. The Labute approximate surface area is 122 Å². The zero-order valence-corrected chi connectivity index (χ0v) is 13.4. The van der Waals surface area contributed by atoms with Crippen LogP contribution < -0.4 is 5.32 Å². The maximum atomic E-state index is 5.07. The van der Waals surface area contributed by atoms with Gasteiger partial charge in [-0.15, -0.1) is 0 Å². The van der Waals surface area contributed by atoms with Crippen LogP contribution in [0.5, 0.6) is 0 Å². The molecule has 1 aliphatic rings. The molecule has 1 aromatic rings. The van der Waals surface area contributed by atoms with Crippen molar-refractivity contribution in [3.8, 4) is 0 Å². The van der Waals surface area contributed by atoms with Crippen LogP contribution in [0.25, 0.3) is 0 Å². The number of nitrogens with one attached hydrogen (secondary N) is 1. The van der Waals surface area contributed by atoms with E-state index in [-0.39, 0.29) is 0 Å². The summed E-state index contributed by atoms with van der Waals surface area (Å²) in [6.07, 6.45) is 5.23. The van der Waals surface area contributed by atoms with Crippen molar-refractivity contribution in [3.63, 3.8) is 0 Å². The molecule has 1 heterocycles. The first-order chi connectivity index (χ1) is 9.63. The molecule has 4 nitrogen and oxygen atoms in total. The lowest BCUT2D eigenvalue weighted by atomic mass is 9.87. The summed E-state index contributed by atoms with van der Waals surface area (Å²) >= 11 is 0. The average molecular weight is 279 g/mol. The molecule has 1 saturated carbocycles. The first-order valence-electron chi connectivity index (χ1n) is 7.87. The van der Waals surface area contributed by atoms with Crippen molar-refractivity contribution in [1.29, 1.82) is 0 Å². The quantitative estimate of drug-likeness (QED) is 0.814. The molecule has 0 radical (unpaired) electrons. The highest BCUT2D eigenvalue weighted by Crippen LogP contribution is 2.33. The molecule has 1 N–H and O–H groups in total. The lowest BCUT2D eigenvalue weighted by Crippen LogP contribution is -2.20. The first-order valence-corrected chi connectivity index (χ1v) is 7.87. The molecule has 0 atom stereocenters. The smallest absolute Gasteiger partial charge is 0.0641 e. The molecule has 0 unspecified atom stereocenters. The lowest BCUT2D eigenvalue weighted by Gasteiger charge is -2.27. The van der Waals surface area contributed by atoms with Crippen LogP contribution in [0, 0.1) is 19.8 Å². The van der Waals surface area contributed by atoms with E-state index in [0.717, 1.165) is 25.6 Å². The minimum atomic E-state index is 0.609. The fraction of sp³-hybridized carbons (Fsp3) is 0.812. The summed E-state index contributed by atoms with van der Waals surface area (Å²) in [5.74, 6) is 0.887. The van der Waals surface area contributed by atoms with Crippen LogP contribution in [0.2, 0.25) is 0 Å². The van der Waals surface area contributed by atoms with Gasteiger partial charge in [0.25, 0.3) is 0 Å². The lowest BCUT2D eigenvalue weighted by molar-refractivity contribution is 0.199. The maximum absolute atomic E-state index is 5.07. The molecule has 1 aliphatic carbocycles. The summed E-state index contributed by atoms with van der Waals surface area (Å²) in [6.45, 7) is 9.24. The highest BCUT2D eigenvalue weighted by Gasteiger charge is 2.23. The Balaban J connectivity index is 2.00. The average Bonchev–Trinajstić information content (AvgIpc) is 2.72. The van der Waals surface area contributed by atoms with Gasteiger partial charge in [0.1, 0.15) is 0 Å². The van der Waals surface area contributed by atoms with Gasteiger partial charge < -0.3 is 10.1 Å². The van der Waals surface area contributed by atoms with Crippen LogP contribution in [0.15, 0.2) is 0 Å². The van der Waals surface area contributed by atoms with Gasteiger partial charge in [0.15, 0.2) is 0 Å². The number of hydrogen-bond donors (Lipinski definition) is 1. The largest absolute Gasteiger partial charge is 0.383 e. The predicted octanol–water partition coefficient (Wildman–Crippen LogP) is 2.99. The molecule has 0 amide bonds. The number of nitrogens with zero attached hydrogens (tertiary/aromatic N) is 2. The summed E-state index contributed by atoms with van der Waals surface area (Å²) in [7, 11) is 1.74. The van der Waals surface area contributed by atoms with Crippen molar-refractivity contribution in [3.05, 3.63) is 17.0 Å². The third kappa shape index (κ3) is 3.61. The van der Waals surface area contributed by atoms with Crippen LogP contribution in [-0.4, -0.2) is 30.0 Å². The number of ether oxygens (including phenoxy) is 1. The minimum Gasteiger partial charge on any atom is -0.383 e. The molecule has 114 valence electrons. The zero-order chi connectivity index (χ0) is 14.5. The molecule has 1 fully saturated rings. The highest BCUT2D eigenvalue weighted by molar-refractivity contribution is 5.24. The molecule has 4 heteroatoms. The zero-order valence-electron chi connectivity index (χ0n) is 13.4. The summed E-state index contributed by atoms with van der Waals surface area (Å²) in [5.41, 5.74) is 3.87. The molecular formula is C16H29N3O. The summed E-state index contributed by atoms with van der Waals surface area (Å²) in [4.78, 5) is 0. The van der Waals surface area contributed by atoms with Gasteiger partial charge in [0, 0.05) is 31.5 Å². The normalized spacial score (nSPS) is 23.2. The van der Waals surface area contributed by atoms with Gasteiger partial charge >= 0.3 is 0 Å². The molecular weight excluding hydrogens is 250 g/mol. The summed E-state index contributed by atoms with van der Waals surface area (Å²) in [5, 5.41) is 8.23. The van der Waals surface area contributed by atoms with E-state index in [0.29, 0.717) is 6.04 Å². The number of aromatic nitrogens is 2. The SMILES string of the molecule is COCCNCc1c(C)nn(C2CCC(C)CC2)c1C. The van der Waals surface area contributed by atoms with E-state index < -0.39 is 0 Å². The second-order valence-corrected chi connectivity index (χ2v) is 6.18. The van der Waals surface area contributed by atoms with Crippen LogP contribution in [-0.2, 0) is 11.3 Å². The third-order valence-electron chi connectivity index (χ3n) is 4.59. The van der Waals surface area contributed by atoms with Crippen molar-refractivity contribution in [2.75, 3.05) is 20.3 Å². The van der Waals surface area contributed by atoms with Crippen LogP contribution in [0.4, 0.5) is 0 Å². The van der Waals surface area contributed by atoms with E-state index in [1.165, 1.54) is 42.6 Å². The van der Waals surface area contributed by atoms with Crippen LogP contribution in [0.1, 0.15) is 55.6 Å². The first kappa shape index (κ1) is 15.5. The Hall–Kier alpha value is -0.870. The molecule has 20 heavy (non-hydrogen) atoms. The number of hydrogen-bond acceptors (Lipinski definition) is 3. The molecule has 0 bridgehead atoms. The van der Waals surface area contributed by atoms with Gasteiger partial charge in [-0.2, -0.15) is 5.10 Å². The number of methoxy groups -OCH3 is 1. The molecule has 2 rings (SSSR count). The minimum absolute atomic E-state index is 0.609. The van der Waals surface area contributed by atoms with Gasteiger partial charge in [-0.25, -0.2) is 0 Å². The second kappa shape index (κ2) is 7.23. The van der Waals surface area contributed by atoms with Gasteiger partial charge in [-0.3, -0.25) is 4.68 Å². The van der Waals surface area contributed by atoms with Crippen LogP contribution >= 0.6 is 0 Å². The monoisotopic (exact) mass is 279 g/mol. The van der Waals surface area contributed by atoms with Crippen molar-refractivity contribution in [2.24, 2.45) is 5.92 Å². The molecule has 0 spiro atoms. The van der Waals surface area contributed by atoms with E-state index in [4.69, 9.17) is 9.84 Å². The summed E-state index contributed by atoms with van der Waals surface area (Å²) < 4.78 is 7.35. The van der Waals surface area contributed by atoms with Gasteiger partial charge in [-0.1, -0.05) is 6.92 Å². The van der Waals surface area contributed by atoms with Gasteiger partial charge in [0.2, 0.25) is 0 Å². The maximum Gasteiger partial charge on any atom is 0.0641 e. The van der Waals surface area contributed by atoms with Crippen LogP contribution in [0.3, 0.4) is 0 Å².